The number of aromatic carboxylic acids is 1. The molecule has 1 aromatic carbocycles. The summed E-state index contributed by atoms with van der Waals surface area (Å²) in [6.45, 7) is 9.30. The van der Waals surface area contributed by atoms with Gasteiger partial charge in [-0.3, -0.25) is 0 Å². The predicted octanol–water partition coefficient (Wildman–Crippen LogP) is 4.13. The molecule has 3 nitrogen and oxygen atoms in total. The summed E-state index contributed by atoms with van der Waals surface area (Å²) in [6, 6.07) is 4.76. The smallest absolute Gasteiger partial charge is 0.337 e. The lowest BCUT2D eigenvalue weighted by Crippen LogP contribution is -2.29. The Bertz CT molecular complexity index is 441. The van der Waals surface area contributed by atoms with Crippen molar-refractivity contribution < 1.29 is 9.90 Å². The highest BCUT2D eigenvalue weighted by molar-refractivity contribution is 6.31. The molecule has 18 heavy (non-hydrogen) atoms. The molecule has 0 bridgehead atoms. The maximum Gasteiger partial charge on any atom is 0.337 e. The lowest BCUT2D eigenvalue weighted by atomic mass is 9.81. The third kappa shape index (κ3) is 3.64. The minimum atomic E-state index is -0.948. The van der Waals surface area contributed by atoms with Crippen molar-refractivity contribution in [3.8, 4) is 0 Å². The van der Waals surface area contributed by atoms with Crippen molar-refractivity contribution in [1.82, 2.24) is 0 Å². The van der Waals surface area contributed by atoms with E-state index in [4.69, 9.17) is 16.7 Å². The van der Waals surface area contributed by atoms with Crippen LogP contribution < -0.4 is 5.32 Å². The van der Waals surface area contributed by atoms with Gasteiger partial charge in [-0.25, -0.2) is 4.79 Å². The fraction of sp³-hybridized carbons (Fsp3) is 0.500. The first-order valence-corrected chi connectivity index (χ1v) is 6.38. The monoisotopic (exact) mass is 269 g/mol. The molecule has 0 saturated carbocycles. The summed E-state index contributed by atoms with van der Waals surface area (Å²) in [5.74, 6) is -0.450. The molecule has 1 aromatic rings. The Morgan fingerprint density at radius 2 is 2.06 bits per heavy atom. The van der Waals surface area contributed by atoms with E-state index in [1.165, 1.54) is 6.07 Å². The molecule has 4 heteroatoms. The number of carbonyl (C=O) groups is 1. The number of benzene rings is 1. The van der Waals surface area contributed by atoms with Gasteiger partial charge in [0.1, 0.15) is 0 Å². The van der Waals surface area contributed by atoms with Crippen LogP contribution in [-0.4, -0.2) is 17.6 Å². The van der Waals surface area contributed by atoms with E-state index in [9.17, 15) is 4.79 Å². The van der Waals surface area contributed by atoms with E-state index in [-0.39, 0.29) is 11.0 Å². The van der Waals surface area contributed by atoms with Crippen molar-refractivity contribution in [1.29, 1.82) is 0 Å². The van der Waals surface area contributed by atoms with Gasteiger partial charge < -0.3 is 10.4 Å². The Morgan fingerprint density at radius 1 is 1.44 bits per heavy atom. The zero-order valence-corrected chi connectivity index (χ0v) is 12.0. The molecule has 0 aromatic heterocycles. The molecule has 0 unspecified atom stereocenters. The van der Waals surface area contributed by atoms with E-state index >= 15 is 0 Å². The molecule has 0 amide bonds. The topological polar surface area (TPSA) is 49.3 Å². The second-order valence-corrected chi connectivity index (χ2v) is 5.93. The normalized spacial score (nSPS) is 11.7. The average molecular weight is 270 g/mol. The van der Waals surface area contributed by atoms with Crippen LogP contribution in [0.3, 0.4) is 0 Å². The van der Waals surface area contributed by atoms with Crippen LogP contribution in [-0.2, 0) is 0 Å². The quantitative estimate of drug-likeness (QED) is 0.845. The third-order valence-electron chi connectivity index (χ3n) is 3.51. The van der Waals surface area contributed by atoms with E-state index in [0.29, 0.717) is 23.2 Å². The second kappa shape index (κ2) is 5.61. The Hall–Kier alpha value is -1.22. The molecule has 0 aliphatic heterocycles. The van der Waals surface area contributed by atoms with Gasteiger partial charge in [0, 0.05) is 11.6 Å². The first kappa shape index (κ1) is 14.8. The molecule has 0 radical (unpaired) electrons. The first-order chi connectivity index (χ1) is 8.24. The number of hydrogen-bond acceptors (Lipinski definition) is 2. The molecule has 0 saturated heterocycles. The molecular weight excluding hydrogens is 250 g/mol. The zero-order chi connectivity index (χ0) is 13.9. The molecule has 0 heterocycles. The highest BCUT2D eigenvalue weighted by Gasteiger charge is 2.22. The maximum absolute atomic E-state index is 11.1. The van der Waals surface area contributed by atoms with Crippen molar-refractivity contribution in [2.24, 2.45) is 11.3 Å². The van der Waals surface area contributed by atoms with Crippen LogP contribution in [0.5, 0.6) is 0 Å². The van der Waals surface area contributed by atoms with Crippen molar-refractivity contribution in [2.75, 3.05) is 11.9 Å². The van der Waals surface area contributed by atoms with Crippen LogP contribution in [0.4, 0.5) is 5.69 Å². The number of anilines is 1. The molecule has 1 rings (SSSR count). The van der Waals surface area contributed by atoms with Gasteiger partial charge in [-0.1, -0.05) is 39.3 Å². The summed E-state index contributed by atoms with van der Waals surface area (Å²) in [5, 5.41) is 12.8. The Labute approximate surface area is 113 Å². The lowest BCUT2D eigenvalue weighted by Gasteiger charge is -2.30. The van der Waals surface area contributed by atoms with Crippen LogP contribution in [0.25, 0.3) is 0 Å². The fourth-order valence-electron chi connectivity index (χ4n) is 1.38. The van der Waals surface area contributed by atoms with E-state index in [1.807, 2.05) is 0 Å². The highest BCUT2D eigenvalue weighted by Crippen LogP contribution is 2.28. The summed E-state index contributed by atoms with van der Waals surface area (Å²) >= 11 is 5.90. The summed E-state index contributed by atoms with van der Waals surface area (Å²) < 4.78 is 0. The van der Waals surface area contributed by atoms with Crippen LogP contribution in [0.2, 0.25) is 5.02 Å². The number of rotatable bonds is 5. The fourth-order valence-corrected chi connectivity index (χ4v) is 1.55. The largest absolute Gasteiger partial charge is 0.478 e. The van der Waals surface area contributed by atoms with Gasteiger partial charge >= 0.3 is 5.97 Å². The van der Waals surface area contributed by atoms with Crippen molar-refractivity contribution in [3.63, 3.8) is 0 Å². The highest BCUT2D eigenvalue weighted by atomic mass is 35.5. The number of carboxylic acid groups (broad SMARTS) is 1. The first-order valence-electron chi connectivity index (χ1n) is 6.01. The molecule has 0 aliphatic rings. The molecule has 0 atom stereocenters. The van der Waals surface area contributed by atoms with Gasteiger partial charge in [0.2, 0.25) is 0 Å². The summed E-state index contributed by atoms with van der Waals surface area (Å²) in [7, 11) is 0. The molecule has 100 valence electrons. The van der Waals surface area contributed by atoms with E-state index in [1.54, 1.807) is 12.1 Å². The standard InChI is InChI=1S/C14H20ClNO2/c1-9(2)14(3,4)8-16-12-7-10(15)5-6-11(12)13(17)18/h5-7,9,16H,8H2,1-4H3,(H,17,18). The van der Waals surface area contributed by atoms with Gasteiger partial charge in [0.15, 0.2) is 0 Å². The summed E-state index contributed by atoms with van der Waals surface area (Å²) in [5.41, 5.74) is 0.903. The molecule has 0 aliphatic carbocycles. The Morgan fingerprint density at radius 3 is 2.56 bits per heavy atom. The minimum Gasteiger partial charge on any atom is -0.478 e. The van der Waals surface area contributed by atoms with Crippen molar-refractivity contribution >= 4 is 23.3 Å². The van der Waals surface area contributed by atoms with Gasteiger partial charge in [-0.2, -0.15) is 0 Å². The van der Waals surface area contributed by atoms with Crippen molar-refractivity contribution in [3.05, 3.63) is 28.8 Å². The van der Waals surface area contributed by atoms with Crippen LogP contribution >= 0.6 is 11.6 Å². The number of hydrogen-bond donors (Lipinski definition) is 2. The van der Waals surface area contributed by atoms with E-state index in [2.05, 4.69) is 33.0 Å². The van der Waals surface area contributed by atoms with E-state index < -0.39 is 5.97 Å². The number of nitrogens with one attached hydrogen (secondary N) is 1. The molecule has 2 N–H and O–H groups in total. The van der Waals surface area contributed by atoms with Gasteiger partial charge in [0.05, 0.1) is 11.3 Å². The third-order valence-corrected chi connectivity index (χ3v) is 3.74. The second-order valence-electron chi connectivity index (χ2n) is 5.49. The van der Waals surface area contributed by atoms with Gasteiger partial charge in [0.25, 0.3) is 0 Å². The van der Waals surface area contributed by atoms with Gasteiger partial charge in [-0.05, 0) is 29.5 Å². The van der Waals surface area contributed by atoms with Crippen LogP contribution in [0.1, 0.15) is 38.1 Å². The Balaban J connectivity index is 2.90. The summed E-state index contributed by atoms with van der Waals surface area (Å²) in [4.78, 5) is 11.1. The van der Waals surface area contributed by atoms with Crippen LogP contribution in [0, 0.1) is 11.3 Å². The molecule has 0 spiro atoms. The van der Waals surface area contributed by atoms with Crippen molar-refractivity contribution in [2.45, 2.75) is 27.7 Å². The molecular formula is C14H20ClNO2. The minimum absolute atomic E-state index is 0.0814. The van der Waals surface area contributed by atoms with E-state index in [0.717, 1.165) is 0 Å². The predicted molar refractivity (Wildman–Crippen MR) is 75.5 cm³/mol. The maximum atomic E-state index is 11.1. The summed E-state index contributed by atoms with van der Waals surface area (Å²) in [6.07, 6.45) is 0. The Kier molecular flexibility index (Phi) is 4.63. The number of carboxylic acids is 1. The number of halogens is 1. The SMILES string of the molecule is CC(C)C(C)(C)CNc1cc(Cl)ccc1C(=O)O. The average Bonchev–Trinajstić information content (AvgIpc) is 2.26. The zero-order valence-electron chi connectivity index (χ0n) is 11.2. The molecule has 0 fully saturated rings. The van der Waals surface area contributed by atoms with Gasteiger partial charge in [-0.15, -0.1) is 0 Å². The lowest BCUT2D eigenvalue weighted by molar-refractivity contribution is 0.0698. The van der Waals surface area contributed by atoms with Crippen LogP contribution in [0.15, 0.2) is 18.2 Å².